The number of nitrogens with two attached hydrogens (primary N) is 4. The molecule has 0 aromatic heterocycles. The summed E-state index contributed by atoms with van der Waals surface area (Å²) in [6, 6.07) is -0.688. The van der Waals surface area contributed by atoms with E-state index in [-0.39, 0.29) is 42.9 Å². The Hall–Kier alpha value is -1.80. The van der Waals surface area contributed by atoms with E-state index in [2.05, 4.69) is 9.98 Å². The molecule has 0 aromatic carbocycles. The van der Waals surface area contributed by atoms with Crippen molar-refractivity contribution in [1.82, 2.24) is 0 Å². The average molecular weight is 415 g/mol. The van der Waals surface area contributed by atoms with Crippen LogP contribution in [0.15, 0.2) is 9.98 Å². The summed E-state index contributed by atoms with van der Waals surface area (Å²) < 4.78 is 0. The highest BCUT2D eigenvalue weighted by atomic mass is 16.1. The zero-order chi connectivity index (χ0) is 22.3. The number of amidine groups is 2. The monoisotopic (exact) mass is 414 g/mol. The molecule has 0 saturated heterocycles. The van der Waals surface area contributed by atoms with Crippen LogP contribution in [0.1, 0.15) is 74.7 Å². The van der Waals surface area contributed by atoms with Gasteiger partial charge in [-0.15, -0.1) is 0 Å². The Kier molecular flexibility index (Phi) is 20.1. The molecular weight excluding hydrogens is 368 g/mol. The number of Topliss-reactive ketones (excluding diaryl/α,β-unsaturated/α-hetero) is 2. The van der Waals surface area contributed by atoms with Gasteiger partial charge in [-0.05, 0) is 39.5 Å². The summed E-state index contributed by atoms with van der Waals surface area (Å²) in [6.07, 6.45) is 3.00. The first-order valence-corrected chi connectivity index (χ1v) is 10.0. The molecule has 172 valence electrons. The molecule has 0 rings (SSSR count). The molecule has 0 bridgehead atoms. The van der Waals surface area contributed by atoms with Gasteiger partial charge < -0.3 is 22.9 Å². The molecule has 29 heavy (non-hydrogen) atoms. The summed E-state index contributed by atoms with van der Waals surface area (Å²) in [6.45, 7) is 12.3. The van der Waals surface area contributed by atoms with Crippen molar-refractivity contribution in [2.24, 2.45) is 44.8 Å². The van der Waals surface area contributed by atoms with Crippen molar-refractivity contribution >= 4 is 23.2 Å². The van der Waals surface area contributed by atoms with Crippen molar-refractivity contribution in [3.63, 3.8) is 0 Å². The Morgan fingerprint density at radius 1 is 0.724 bits per heavy atom. The summed E-state index contributed by atoms with van der Waals surface area (Å²) in [5.74, 6) is 1.44. The fourth-order valence-electron chi connectivity index (χ4n) is 2.27. The maximum Gasteiger partial charge on any atom is 0.152 e. The molecule has 8 N–H and O–H groups in total. The predicted octanol–water partition coefficient (Wildman–Crippen LogP) is 2.03. The van der Waals surface area contributed by atoms with Crippen LogP contribution in [0.3, 0.4) is 0 Å². The molecule has 2 atom stereocenters. The van der Waals surface area contributed by atoms with Crippen LogP contribution in [-0.4, -0.2) is 48.4 Å². The number of carbonyl (C=O) groups excluding carboxylic acids is 2. The Labute approximate surface area is 178 Å². The van der Waals surface area contributed by atoms with Crippen molar-refractivity contribution in [2.45, 2.75) is 86.7 Å². The zero-order valence-corrected chi connectivity index (χ0v) is 18.6. The topological polar surface area (TPSA) is 163 Å². The zero-order valence-electron chi connectivity index (χ0n) is 18.6. The summed E-state index contributed by atoms with van der Waals surface area (Å²) in [5.41, 5.74) is 22.1. The third-order valence-electron chi connectivity index (χ3n) is 3.94. The van der Waals surface area contributed by atoms with E-state index in [1.54, 1.807) is 13.8 Å². The molecule has 8 nitrogen and oxygen atoms in total. The smallest absolute Gasteiger partial charge is 0.152 e. The first-order chi connectivity index (χ1) is 12.9. The maximum absolute atomic E-state index is 11.4. The van der Waals surface area contributed by atoms with Crippen LogP contribution in [-0.2, 0) is 9.59 Å². The van der Waals surface area contributed by atoms with Crippen LogP contribution >= 0.6 is 0 Å². The SMILES string of the molecule is C.CC(N)=NCCC[C@@H](N)C(=O)C(C)C.CC(N)=NCCC[C@H](N)C(=O)C(C)C. The molecule has 0 aliphatic heterocycles. The van der Waals surface area contributed by atoms with Crippen LogP contribution in [0.5, 0.6) is 0 Å². The van der Waals surface area contributed by atoms with E-state index in [9.17, 15) is 9.59 Å². The van der Waals surface area contributed by atoms with Gasteiger partial charge in [-0.25, -0.2) is 0 Å². The molecule has 0 heterocycles. The van der Waals surface area contributed by atoms with Crippen LogP contribution < -0.4 is 22.9 Å². The number of aliphatic imine (C=N–C) groups is 2. The lowest BCUT2D eigenvalue weighted by Gasteiger charge is -2.11. The second kappa shape index (κ2) is 18.2. The van der Waals surface area contributed by atoms with E-state index >= 15 is 0 Å². The summed E-state index contributed by atoms with van der Waals surface area (Å²) >= 11 is 0. The highest BCUT2D eigenvalue weighted by Gasteiger charge is 2.16. The van der Waals surface area contributed by atoms with Crippen LogP contribution in [0.25, 0.3) is 0 Å². The number of carbonyl (C=O) groups is 2. The van der Waals surface area contributed by atoms with E-state index in [0.29, 0.717) is 37.6 Å². The first kappa shape index (κ1) is 31.9. The third kappa shape index (κ3) is 19.3. The highest BCUT2D eigenvalue weighted by Crippen LogP contribution is 2.04. The highest BCUT2D eigenvalue weighted by molar-refractivity contribution is 5.85. The fraction of sp³-hybridized carbons (Fsp3) is 0.810. The minimum atomic E-state index is -0.344. The first-order valence-electron chi connectivity index (χ1n) is 10.0. The number of rotatable bonds is 12. The number of hydrogen-bond acceptors (Lipinski definition) is 6. The van der Waals surface area contributed by atoms with Gasteiger partial charge in [0.1, 0.15) is 0 Å². The number of ketones is 2. The fourth-order valence-corrected chi connectivity index (χ4v) is 2.27. The number of hydrogen-bond donors (Lipinski definition) is 4. The molecule has 0 saturated carbocycles. The summed E-state index contributed by atoms with van der Waals surface area (Å²) in [7, 11) is 0. The lowest BCUT2D eigenvalue weighted by atomic mass is 9.99. The molecule has 0 amide bonds. The van der Waals surface area contributed by atoms with Gasteiger partial charge in [-0.1, -0.05) is 35.1 Å². The van der Waals surface area contributed by atoms with E-state index in [1.165, 1.54) is 0 Å². The molecule has 0 aromatic rings. The van der Waals surface area contributed by atoms with Gasteiger partial charge in [-0.3, -0.25) is 19.6 Å². The molecule has 0 aliphatic carbocycles. The standard InChI is InChI=1S/2C10H21N3O.CH4/c2*1-7(2)10(14)9(12)5-4-6-13-8(3)11;/h2*7,9H,4-6,12H2,1-3H3,(H2,11,13);1H4/t2*9-;/m10./s1. The lowest BCUT2D eigenvalue weighted by Crippen LogP contribution is -2.33. The Bertz CT molecular complexity index is 461. The van der Waals surface area contributed by atoms with Gasteiger partial charge in [0.15, 0.2) is 11.6 Å². The molecule has 0 unspecified atom stereocenters. The third-order valence-corrected chi connectivity index (χ3v) is 3.94. The van der Waals surface area contributed by atoms with E-state index in [0.717, 1.165) is 12.8 Å². The van der Waals surface area contributed by atoms with Gasteiger partial charge in [-0.2, -0.15) is 0 Å². The van der Waals surface area contributed by atoms with E-state index in [4.69, 9.17) is 22.9 Å². The normalized spacial score (nSPS) is 14.0. The van der Waals surface area contributed by atoms with Crippen molar-refractivity contribution < 1.29 is 9.59 Å². The van der Waals surface area contributed by atoms with Crippen molar-refractivity contribution in [3.8, 4) is 0 Å². The molecule has 8 heteroatoms. The second-order valence-corrected chi connectivity index (χ2v) is 7.66. The Morgan fingerprint density at radius 3 is 1.21 bits per heavy atom. The second-order valence-electron chi connectivity index (χ2n) is 7.66. The van der Waals surface area contributed by atoms with Gasteiger partial charge in [0.05, 0.1) is 23.8 Å². The van der Waals surface area contributed by atoms with Gasteiger partial charge in [0, 0.05) is 24.9 Å². The number of nitrogens with zero attached hydrogens (tertiary/aromatic N) is 2. The van der Waals surface area contributed by atoms with E-state index < -0.39 is 0 Å². The van der Waals surface area contributed by atoms with Crippen molar-refractivity contribution in [3.05, 3.63) is 0 Å². The molecule has 0 spiro atoms. The van der Waals surface area contributed by atoms with Crippen LogP contribution in [0, 0.1) is 11.8 Å². The van der Waals surface area contributed by atoms with Crippen LogP contribution in [0.2, 0.25) is 0 Å². The summed E-state index contributed by atoms with van der Waals surface area (Å²) in [5, 5.41) is 0. The average Bonchev–Trinajstić information content (AvgIpc) is 2.60. The molecule has 0 aliphatic rings. The van der Waals surface area contributed by atoms with Crippen LogP contribution in [0.4, 0.5) is 0 Å². The quantitative estimate of drug-likeness (QED) is 0.217. The molecule has 0 radical (unpaired) electrons. The Morgan fingerprint density at radius 2 is 1.00 bits per heavy atom. The molecular formula is C21H46N6O2. The summed E-state index contributed by atoms with van der Waals surface area (Å²) in [4.78, 5) is 30.8. The molecule has 0 fully saturated rings. The minimum absolute atomic E-state index is 0. The largest absolute Gasteiger partial charge is 0.388 e. The Balaban J connectivity index is -0.000000451. The van der Waals surface area contributed by atoms with Crippen molar-refractivity contribution in [1.29, 1.82) is 0 Å². The van der Waals surface area contributed by atoms with Gasteiger partial charge >= 0.3 is 0 Å². The van der Waals surface area contributed by atoms with Gasteiger partial charge in [0.25, 0.3) is 0 Å². The van der Waals surface area contributed by atoms with E-state index in [1.807, 2.05) is 27.7 Å². The maximum atomic E-state index is 11.4. The van der Waals surface area contributed by atoms with Crippen molar-refractivity contribution in [2.75, 3.05) is 13.1 Å². The van der Waals surface area contributed by atoms with Gasteiger partial charge in [0.2, 0.25) is 0 Å². The minimum Gasteiger partial charge on any atom is -0.388 e. The lowest BCUT2D eigenvalue weighted by molar-refractivity contribution is -0.124. The predicted molar refractivity (Wildman–Crippen MR) is 125 cm³/mol.